The first kappa shape index (κ1) is 11.0. The molecule has 0 saturated heterocycles. The van der Waals surface area contributed by atoms with Crippen LogP contribution in [0.25, 0.3) is 0 Å². The van der Waals surface area contributed by atoms with E-state index in [2.05, 4.69) is 0 Å². The summed E-state index contributed by atoms with van der Waals surface area (Å²) >= 11 is 0. The lowest BCUT2D eigenvalue weighted by atomic mass is 10.3. The molecule has 1 aromatic carbocycles. The summed E-state index contributed by atoms with van der Waals surface area (Å²) in [5.74, 6) is -0.437. The maximum Gasteiger partial charge on any atom is 0.122 e. The summed E-state index contributed by atoms with van der Waals surface area (Å²) in [6.07, 6.45) is 7.47. The monoisotopic (exact) mass is 208 g/mol. The SMILES string of the molecule is C1=CCOC=C1.Oc1cc(O)cc(O)c1. The van der Waals surface area contributed by atoms with Gasteiger partial charge in [-0.25, -0.2) is 0 Å². The normalized spacial score (nSPS) is 12.5. The van der Waals surface area contributed by atoms with Crippen LogP contribution >= 0.6 is 0 Å². The molecule has 0 amide bonds. The number of hydrogen-bond donors (Lipinski definition) is 3. The van der Waals surface area contributed by atoms with Crippen molar-refractivity contribution >= 4 is 0 Å². The summed E-state index contributed by atoms with van der Waals surface area (Å²) in [5.41, 5.74) is 0. The first-order valence-electron chi connectivity index (χ1n) is 4.34. The number of allylic oxidation sites excluding steroid dienone is 2. The van der Waals surface area contributed by atoms with Gasteiger partial charge >= 0.3 is 0 Å². The molecule has 1 heterocycles. The van der Waals surface area contributed by atoms with Gasteiger partial charge in [-0.05, 0) is 12.2 Å². The van der Waals surface area contributed by atoms with E-state index in [-0.39, 0.29) is 17.2 Å². The van der Waals surface area contributed by atoms with Crippen molar-refractivity contribution < 1.29 is 20.1 Å². The summed E-state index contributed by atoms with van der Waals surface area (Å²) in [4.78, 5) is 0. The van der Waals surface area contributed by atoms with E-state index in [0.29, 0.717) is 0 Å². The minimum absolute atomic E-state index is 0.146. The van der Waals surface area contributed by atoms with E-state index in [0.717, 1.165) is 24.8 Å². The van der Waals surface area contributed by atoms with E-state index in [9.17, 15) is 0 Å². The van der Waals surface area contributed by atoms with E-state index in [1.165, 1.54) is 0 Å². The van der Waals surface area contributed by atoms with Gasteiger partial charge in [0.1, 0.15) is 23.9 Å². The van der Waals surface area contributed by atoms with Crippen molar-refractivity contribution in [2.75, 3.05) is 6.61 Å². The first-order valence-corrected chi connectivity index (χ1v) is 4.34. The van der Waals surface area contributed by atoms with Gasteiger partial charge in [-0.2, -0.15) is 0 Å². The molecule has 15 heavy (non-hydrogen) atoms. The van der Waals surface area contributed by atoms with Gasteiger partial charge in [-0.15, -0.1) is 0 Å². The van der Waals surface area contributed by atoms with Crippen LogP contribution in [-0.2, 0) is 4.74 Å². The molecule has 0 fully saturated rings. The third-order valence-corrected chi connectivity index (χ3v) is 1.50. The van der Waals surface area contributed by atoms with Crippen LogP contribution in [-0.4, -0.2) is 21.9 Å². The van der Waals surface area contributed by atoms with E-state index in [1.54, 1.807) is 6.26 Å². The van der Waals surface area contributed by atoms with Crippen molar-refractivity contribution in [1.82, 2.24) is 0 Å². The highest BCUT2D eigenvalue weighted by atomic mass is 16.5. The van der Waals surface area contributed by atoms with E-state index in [4.69, 9.17) is 20.1 Å². The molecule has 0 spiro atoms. The second-order valence-electron chi connectivity index (χ2n) is 2.80. The van der Waals surface area contributed by atoms with Gasteiger partial charge in [0.25, 0.3) is 0 Å². The van der Waals surface area contributed by atoms with Crippen LogP contribution < -0.4 is 0 Å². The zero-order valence-electron chi connectivity index (χ0n) is 8.00. The highest BCUT2D eigenvalue weighted by molar-refractivity contribution is 5.39. The third-order valence-electron chi connectivity index (χ3n) is 1.50. The zero-order chi connectivity index (χ0) is 11.1. The zero-order valence-corrected chi connectivity index (χ0v) is 8.00. The number of phenols is 3. The summed E-state index contributed by atoms with van der Waals surface area (Å²) in [6, 6.07) is 3.42. The molecule has 0 saturated carbocycles. The quantitative estimate of drug-likeness (QED) is 0.609. The Hall–Kier alpha value is -2.10. The largest absolute Gasteiger partial charge is 0.508 e. The Kier molecular flexibility index (Phi) is 4.09. The molecule has 3 N–H and O–H groups in total. The van der Waals surface area contributed by atoms with Gasteiger partial charge in [-0.1, -0.05) is 6.08 Å². The van der Waals surface area contributed by atoms with Gasteiger partial charge in [0.2, 0.25) is 0 Å². The van der Waals surface area contributed by atoms with Crippen molar-refractivity contribution in [3.05, 3.63) is 42.7 Å². The Morgan fingerprint density at radius 3 is 1.60 bits per heavy atom. The molecule has 80 valence electrons. The fraction of sp³-hybridized carbons (Fsp3) is 0.0909. The van der Waals surface area contributed by atoms with E-state index in [1.807, 2.05) is 18.2 Å². The second kappa shape index (κ2) is 5.59. The van der Waals surface area contributed by atoms with Crippen molar-refractivity contribution in [1.29, 1.82) is 0 Å². The Morgan fingerprint density at radius 2 is 1.40 bits per heavy atom. The molecular formula is C11H12O4. The number of phenolic OH excluding ortho intramolecular Hbond substituents is 3. The number of ether oxygens (including phenoxy) is 1. The van der Waals surface area contributed by atoms with Crippen LogP contribution in [0.2, 0.25) is 0 Å². The summed E-state index contributed by atoms with van der Waals surface area (Å²) in [5, 5.41) is 26.0. The number of aromatic hydroxyl groups is 3. The Balaban J connectivity index is 0.000000162. The Labute approximate surface area is 87.4 Å². The second-order valence-corrected chi connectivity index (χ2v) is 2.80. The molecule has 0 bridgehead atoms. The summed E-state index contributed by atoms with van der Waals surface area (Å²) in [7, 11) is 0. The molecule has 1 aliphatic rings. The molecule has 1 aliphatic heterocycles. The van der Waals surface area contributed by atoms with Crippen LogP contribution in [0.3, 0.4) is 0 Å². The molecule has 0 unspecified atom stereocenters. The van der Waals surface area contributed by atoms with Gasteiger partial charge < -0.3 is 20.1 Å². The fourth-order valence-electron chi connectivity index (χ4n) is 0.926. The Bertz CT molecular complexity index is 306. The average molecular weight is 208 g/mol. The molecule has 2 rings (SSSR count). The smallest absolute Gasteiger partial charge is 0.122 e. The van der Waals surface area contributed by atoms with Crippen molar-refractivity contribution in [2.45, 2.75) is 0 Å². The maximum atomic E-state index is 8.67. The molecular weight excluding hydrogens is 196 g/mol. The predicted octanol–water partition coefficient (Wildman–Crippen LogP) is 1.89. The highest BCUT2D eigenvalue weighted by Gasteiger charge is 1.94. The van der Waals surface area contributed by atoms with Crippen LogP contribution in [0.4, 0.5) is 0 Å². The average Bonchev–Trinajstić information content (AvgIpc) is 2.19. The molecule has 0 atom stereocenters. The van der Waals surface area contributed by atoms with Gasteiger partial charge in [0, 0.05) is 18.2 Å². The topological polar surface area (TPSA) is 69.9 Å². The van der Waals surface area contributed by atoms with Crippen LogP contribution in [0.15, 0.2) is 42.7 Å². The number of hydrogen-bond acceptors (Lipinski definition) is 4. The molecule has 1 aromatic rings. The number of benzene rings is 1. The first-order chi connectivity index (χ1) is 7.18. The van der Waals surface area contributed by atoms with Crippen LogP contribution in [0.5, 0.6) is 17.2 Å². The van der Waals surface area contributed by atoms with Gasteiger partial charge in [-0.3, -0.25) is 0 Å². The molecule has 0 aromatic heterocycles. The summed E-state index contributed by atoms with van der Waals surface area (Å²) < 4.78 is 4.80. The lowest BCUT2D eigenvalue weighted by Gasteiger charge is -1.94. The van der Waals surface area contributed by atoms with Crippen LogP contribution in [0.1, 0.15) is 0 Å². The lowest BCUT2D eigenvalue weighted by Crippen LogP contribution is -1.82. The summed E-state index contributed by atoms with van der Waals surface area (Å²) in [6.45, 7) is 0.733. The van der Waals surface area contributed by atoms with Crippen molar-refractivity contribution in [3.63, 3.8) is 0 Å². The minimum atomic E-state index is -0.146. The minimum Gasteiger partial charge on any atom is -0.508 e. The standard InChI is InChI=1S/C6H6O3.C5H6O/c7-4-1-5(8)3-6(9)2-4;1-2-4-6-5-3-1/h1-3,7-9H;1-4H,5H2. The van der Waals surface area contributed by atoms with Gasteiger partial charge in [0.15, 0.2) is 0 Å². The predicted molar refractivity (Wildman–Crippen MR) is 55.7 cm³/mol. The fourth-order valence-corrected chi connectivity index (χ4v) is 0.926. The molecule has 4 heteroatoms. The van der Waals surface area contributed by atoms with Crippen molar-refractivity contribution in [2.24, 2.45) is 0 Å². The third kappa shape index (κ3) is 4.61. The Morgan fingerprint density at radius 1 is 0.867 bits per heavy atom. The highest BCUT2D eigenvalue weighted by Crippen LogP contribution is 2.23. The molecule has 0 aliphatic carbocycles. The van der Waals surface area contributed by atoms with E-state index < -0.39 is 0 Å². The van der Waals surface area contributed by atoms with Crippen LogP contribution in [0, 0.1) is 0 Å². The van der Waals surface area contributed by atoms with Gasteiger partial charge in [0.05, 0.1) is 6.26 Å². The van der Waals surface area contributed by atoms with Crippen molar-refractivity contribution in [3.8, 4) is 17.2 Å². The molecule has 0 radical (unpaired) electrons. The number of rotatable bonds is 0. The van der Waals surface area contributed by atoms with E-state index >= 15 is 0 Å². The molecule has 4 nitrogen and oxygen atoms in total. The maximum absolute atomic E-state index is 8.67. The lowest BCUT2D eigenvalue weighted by molar-refractivity contribution is 0.286.